The first-order valence-electron chi connectivity index (χ1n) is 7.24. The van der Waals surface area contributed by atoms with Crippen LogP contribution in [0.2, 0.25) is 0 Å². The van der Waals surface area contributed by atoms with Gasteiger partial charge < -0.3 is 10.2 Å². The van der Waals surface area contributed by atoms with Gasteiger partial charge in [0.15, 0.2) is 0 Å². The quantitative estimate of drug-likeness (QED) is 0.909. The zero-order chi connectivity index (χ0) is 14.5. The summed E-state index contributed by atoms with van der Waals surface area (Å²) in [5, 5.41) is 2.72. The molecule has 0 radical (unpaired) electrons. The summed E-state index contributed by atoms with van der Waals surface area (Å²) >= 11 is 0. The highest BCUT2D eigenvalue weighted by Gasteiger charge is 2.21. The Hall–Kier alpha value is -1.84. The predicted octanol–water partition coefficient (Wildman–Crippen LogP) is 1.73. The minimum absolute atomic E-state index is 0.00356. The van der Waals surface area contributed by atoms with E-state index < -0.39 is 0 Å². The van der Waals surface area contributed by atoms with E-state index in [-0.39, 0.29) is 24.3 Å². The Kier molecular flexibility index (Phi) is 4.77. The van der Waals surface area contributed by atoms with Gasteiger partial charge in [-0.05, 0) is 24.0 Å². The first-order valence-corrected chi connectivity index (χ1v) is 7.24. The van der Waals surface area contributed by atoms with E-state index in [0.29, 0.717) is 6.54 Å². The number of benzene rings is 1. The van der Waals surface area contributed by atoms with Crippen molar-refractivity contribution in [2.75, 3.05) is 13.1 Å². The highest BCUT2D eigenvalue weighted by atomic mass is 16.2. The van der Waals surface area contributed by atoms with Gasteiger partial charge in [-0.15, -0.1) is 0 Å². The van der Waals surface area contributed by atoms with E-state index >= 15 is 0 Å². The van der Waals surface area contributed by atoms with Crippen molar-refractivity contribution in [1.29, 1.82) is 0 Å². The number of nitrogens with zero attached hydrogens (tertiary/aromatic N) is 1. The minimum Gasteiger partial charge on any atom is -0.347 e. The molecule has 0 spiro atoms. The van der Waals surface area contributed by atoms with E-state index in [1.54, 1.807) is 0 Å². The van der Waals surface area contributed by atoms with Gasteiger partial charge >= 0.3 is 0 Å². The topological polar surface area (TPSA) is 49.4 Å². The van der Waals surface area contributed by atoms with Gasteiger partial charge in [-0.25, -0.2) is 0 Å². The number of fused-ring (bicyclic) bond motifs is 1. The smallest absolute Gasteiger partial charge is 0.242 e. The summed E-state index contributed by atoms with van der Waals surface area (Å²) in [5.74, 6) is -0.0840. The summed E-state index contributed by atoms with van der Waals surface area (Å²) < 4.78 is 0. The summed E-state index contributed by atoms with van der Waals surface area (Å²) in [6.45, 7) is 5.32. The summed E-state index contributed by atoms with van der Waals surface area (Å²) in [6.07, 6.45) is 1.68. The summed E-state index contributed by atoms with van der Waals surface area (Å²) in [5.41, 5.74) is 2.53. The lowest BCUT2D eigenvalue weighted by molar-refractivity contribution is -0.134. The van der Waals surface area contributed by atoms with Crippen LogP contribution in [0, 0.1) is 5.92 Å². The number of hydrogen-bond acceptors (Lipinski definition) is 2. The molecule has 108 valence electrons. The molecule has 4 heteroatoms. The van der Waals surface area contributed by atoms with Crippen LogP contribution in [0.3, 0.4) is 0 Å². The highest BCUT2D eigenvalue weighted by molar-refractivity contribution is 5.85. The lowest BCUT2D eigenvalue weighted by atomic mass is 10.00. The van der Waals surface area contributed by atoms with Crippen LogP contribution < -0.4 is 5.32 Å². The monoisotopic (exact) mass is 274 g/mol. The van der Waals surface area contributed by atoms with Gasteiger partial charge in [-0.1, -0.05) is 38.1 Å². The Morgan fingerprint density at radius 3 is 2.70 bits per heavy atom. The fraction of sp³-hybridized carbons (Fsp3) is 0.500. The normalized spacial score (nSPS) is 15.4. The molecule has 0 aromatic heterocycles. The molecule has 1 aromatic carbocycles. The third kappa shape index (κ3) is 3.38. The van der Waals surface area contributed by atoms with Crippen molar-refractivity contribution in [3.63, 3.8) is 0 Å². The molecule has 20 heavy (non-hydrogen) atoms. The van der Waals surface area contributed by atoms with Crippen LogP contribution in [0.5, 0.6) is 0 Å². The van der Waals surface area contributed by atoms with Gasteiger partial charge in [-0.2, -0.15) is 0 Å². The minimum atomic E-state index is -0.0433. The van der Waals surface area contributed by atoms with Gasteiger partial charge in [0.25, 0.3) is 0 Å². The van der Waals surface area contributed by atoms with Crippen molar-refractivity contribution in [2.24, 2.45) is 5.92 Å². The van der Waals surface area contributed by atoms with Crippen LogP contribution >= 0.6 is 0 Å². The fourth-order valence-electron chi connectivity index (χ4n) is 2.34. The standard InChI is InChI=1S/C16H22N2O2/c1-3-12(2)16(20)17-10-15(19)18-9-8-13-6-4-5-7-14(13)11-18/h4-7,12H,3,8-11H2,1-2H3,(H,17,20). The second kappa shape index (κ2) is 6.55. The number of carbonyl (C=O) groups excluding carboxylic acids is 2. The number of carbonyl (C=O) groups is 2. The lowest BCUT2D eigenvalue weighted by Crippen LogP contribution is -2.43. The zero-order valence-corrected chi connectivity index (χ0v) is 12.2. The number of hydrogen-bond donors (Lipinski definition) is 1. The van der Waals surface area contributed by atoms with E-state index in [2.05, 4.69) is 17.4 Å². The largest absolute Gasteiger partial charge is 0.347 e. The van der Waals surface area contributed by atoms with E-state index in [0.717, 1.165) is 19.4 Å². The van der Waals surface area contributed by atoms with Crippen LogP contribution in [0.1, 0.15) is 31.4 Å². The SMILES string of the molecule is CCC(C)C(=O)NCC(=O)N1CCc2ccccc2C1. The maximum absolute atomic E-state index is 12.1. The summed E-state index contributed by atoms with van der Waals surface area (Å²) in [4.78, 5) is 25.6. The van der Waals surface area contributed by atoms with E-state index in [4.69, 9.17) is 0 Å². The number of nitrogens with one attached hydrogen (secondary N) is 1. The average molecular weight is 274 g/mol. The Labute approximate surface area is 120 Å². The summed E-state index contributed by atoms with van der Waals surface area (Å²) in [6, 6.07) is 8.20. The molecule has 0 saturated carbocycles. The van der Waals surface area contributed by atoms with Gasteiger partial charge in [0.1, 0.15) is 0 Å². The lowest BCUT2D eigenvalue weighted by Gasteiger charge is -2.29. The van der Waals surface area contributed by atoms with Crippen molar-refractivity contribution in [1.82, 2.24) is 10.2 Å². The van der Waals surface area contributed by atoms with E-state index in [1.807, 2.05) is 30.9 Å². The van der Waals surface area contributed by atoms with Crippen LogP contribution in [0.15, 0.2) is 24.3 Å². The molecule has 0 saturated heterocycles. The fourth-order valence-corrected chi connectivity index (χ4v) is 2.34. The molecule has 1 aliphatic rings. The molecule has 1 atom stereocenters. The molecule has 2 rings (SSSR count). The van der Waals surface area contributed by atoms with Crippen LogP contribution in [-0.4, -0.2) is 29.8 Å². The molecular formula is C16H22N2O2. The third-order valence-corrected chi connectivity index (χ3v) is 3.96. The number of rotatable bonds is 4. The Morgan fingerprint density at radius 2 is 2.00 bits per heavy atom. The van der Waals surface area contributed by atoms with Gasteiger partial charge in [0.2, 0.25) is 11.8 Å². The van der Waals surface area contributed by atoms with Crippen molar-refractivity contribution in [2.45, 2.75) is 33.2 Å². The Bertz CT molecular complexity index is 499. The van der Waals surface area contributed by atoms with Crippen molar-refractivity contribution >= 4 is 11.8 Å². The molecule has 0 bridgehead atoms. The molecule has 1 unspecified atom stereocenters. The highest BCUT2D eigenvalue weighted by Crippen LogP contribution is 2.18. The Balaban J connectivity index is 1.87. The van der Waals surface area contributed by atoms with Crippen LogP contribution in [-0.2, 0) is 22.6 Å². The molecule has 2 amide bonds. The number of amides is 2. The van der Waals surface area contributed by atoms with E-state index in [1.165, 1.54) is 11.1 Å². The molecule has 1 N–H and O–H groups in total. The van der Waals surface area contributed by atoms with Crippen LogP contribution in [0.4, 0.5) is 0 Å². The Morgan fingerprint density at radius 1 is 1.30 bits per heavy atom. The van der Waals surface area contributed by atoms with Gasteiger partial charge in [0, 0.05) is 19.0 Å². The molecule has 0 aliphatic carbocycles. The second-order valence-electron chi connectivity index (χ2n) is 5.36. The molecule has 1 heterocycles. The van der Waals surface area contributed by atoms with Crippen molar-refractivity contribution in [3.05, 3.63) is 35.4 Å². The molecule has 1 aliphatic heterocycles. The maximum Gasteiger partial charge on any atom is 0.242 e. The first kappa shape index (κ1) is 14.6. The van der Waals surface area contributed by atoms with Crippen molar-refractivity contribution < 1.29 is 9.59 Å². The van der Waals surface area contributed by atoms with Gasteiger partial charge in [-0.3, -0.25) is 9.59 Å². The first-order chi connectivity index (χ1) is 9.61. The maximum atomic E-state index is 12.1. The summed E-state index contributed by atoms with van der Waals surface area (Å²) in [7, 11) is 0. The molecular weight excluding hydrogens is 252 g/mol. The second-order valence-corrected chi connectivity index (χ2v) is 5.36. The predicted molar refractivity (Wildman–Crippen MR) is 78.0 cm³/mol. The molecule has 0 fully saturated rings. The third-order valence-electron chi connectivity index (χ3n) is 3.96. The van der Waals surface area contributed by atoms with Crippen molar-refractivity contribution in [3.8, 4) is 0 Å². The molecule has 1 aromatic rings. The van der Waals surface area contributed by atoms with Gasteiger partial charge in [0.05, 0.1) is 6.54 Å². The zero-order valence-electron chi connectivity index (χ0n) is 12.2. The van der Waals surface area contributed by atoms with Crippen LogP contribution in [0.25, 0.3) is 0 Å². The average Bonchev–Trinajstić information content (AvgIpc) is 2.50. The molecule has 4 nitrogen and oxygen atoms in total. The van der Waals surface area contributed by atoms with E-state index in [9.17, 15) is 9.59 Å².